The molecule has 2 heterocycles. The van der Waals surface area contributed by atoms with Crippen molar-refractivity contribution >= 4 is 23.5 Å². The topological polar surface area (TPSA) is 66.8 Å². The number of aryl methyl sites for hydroxylation is 1. The normalized spacial score (nSPS) is 10.5. The van der Waals surface area contributed by atoms with Crippen LogP contribution in [0.5, 0.6) is 0 Å². The molecule has 0 saturated heterocycles. The minimum Gasteiger partial charge on any atom is -0.348 e. The van der Waals surface area contributed by atoms with Crippen LogP contribution in [-0.2, 0) is 6.54 Å². The summed E-state index contributed by atoms with van der Waals surface area (Å²) in [5, 5.41) is 3.34. The summed E-state index contributed by atoms with van der Waals surface area (Å²) in [6, 6.07) is 3.93. The monoisotopic (exact) mass is 306 g/mol. The van der Waals surface area contributed by atoms with Gasteiger partial charge in [0.15, 0.2) is 0 Å². The van der Waals surface area contributed by atoms with Crippen LogP contribution < -0.4 is 10.2 Å². The van der Waals surface area contributed by atoms with Gasteiger partial charge in [0.2, 0.25) is 17.2 Å². The van der Waals surface area contributed by atoms with Crippen molar-refractivity contribution in [2.24, 2.45) is 0 Å². The van der Waals surface area contributed by atoms with Gasteiger partial charge in [0, 0.05) is 19.3 Å². The summed E-state index contributed by atoms with van der Waals surface area (Å²) < 4.78 is 0. The average molecular weight is 307 g/mol. The summed E-state index contributed by atoms with van der Waals surface area (Å²) in [5.74, 6) is 1.04. The molecule has 6 nitrogen and oxygen atoms in total. The molecule has 0 atom stereocenters. The third-order valence-electron chi connectivity index (χ3n) is 3.17. The van der Waals surface area contributed by atoms with E-state index >= 15 is 0 Å². The molecule has 0 aliphatic rings. The average Bonchev–Trinajstić information content (AvgIpc) is 2.47. The van der Waals surface area contributed by atoms with Gasteiger partial charge in [0.05, 0.1) is 12.2 Å². The summed E-state index contributed by atoms with van der Waals surface area (Å²) in [6.45, 7) is 8.29. The zero-order valence-electron chi connectivity index (χ0n) is 12.5. The van der Waals surface area contributed by atoms with Crippen molar-refractivity contribution in [2.45, 2.75) is 27.3 Å². The molecule has 0 saturated carbocycles. The van der Waals surface area contributed by atoms with Crippen LogP contribution in [-0.4, -0.2) is 33.0 Å². The van der Waals surface area contributed by atoms with Crippen molar-refractivity contribution in [1.82, 2.24) is 19.9 Å². The first kappa shape index (κ1) is 15.4. The minimum absolute atomic E-state index is 0.187. The fraction of sp³-hybridized carbons (Fsp3) is 0.429. The largest absolute Gasteiger partial charge is 0.348 e. The third kappa shape index (κ3) is 4.01. The van der Waals surface area contributed by atoms with Gasteiger partial charge in [-0.15, -0.1) is 0 Å². The van der Waals surface area contributed by atoms with Crippen LogP contribution in [0.2, 0.25) is 5.28 Å². The molecule has 112 valence electrons. The van der Waals surface area contributed by atoms with Gasteiger partial charge in [-0.1, -0.05) is 6.07 Å². The van der Waals surface area contributed by atoms with Gasteiger partial charge < -0.3 is 10.2 Å². The van der Waals surface area contributed by atoms with Gasteiger partial charge in [0.1, 0.15) is 0 Å². The summed E-state index contributed by atoms with van der Waals surface area (Å²) in [7, 11) is 0. The molecule has 0 aliphatic carbocycles. The second-order valence-electron chi connectivity index (χ2n) is 4.52. The van der Waals surface area contributed by atoms with E-state index in [1.165, 1.54) is 0 Å². The van der Waals surface area contributed by atoms with Crippen molar-refractivity contribution in [3.8, 4) is 0 Å². The van der Waals surface area contributed by atoms with Crippen molar-refractivity contribution in [2.75, 3.05) is 23.3 Å². The van der Waals surface area contributed by atoms with Crippen LogP contribution in [0.15, 0.2) is 18.3 Å². The molecule has 2 aromatic heterocycles. The minimum atomic E-state index is 0.187. The molecule has 0 aromatic carbocycles. The Labute approximate surface area is 129 Å². The van der Waals surface area contributed by atoms with E-state index in [-0.39, 0.29) is 5.28 Å². The summed E-state index contributed by atoms with van der Waals surface area (Å²) in [6.07, 6.45) is 1.77. The van der Waals surface area contributed by atoms with E-state index in [4.69, 9.17) is 11.6 Å². The molecule has 2 aromatic rings. The van der Waals surface area contributed by atoms with Crippen LogP contribution >= 0.6 is 11.6 Å². The van der Waals surface area contributed by atoms with Gasteiger partial charge >= 0.3 is 0 Å². The predicted molar refractivity (Wildman–Crippen MR) is 84.7 cm³/mol. The highest BCUT2D eigenvalue weighted by atomic mass is 35.5. The van der Waals surface area contributed by atoms with Gasteiger partial charge in [-0.3, -0.25) is 4.98 Å². The molecule has 0 amide bonds. The first-order valence-electron chi connectivity index (χ1n) is 6.95. The standard InChI is InChI=1S/C14H19ClN6/c1-4-21(5-2)14-19-12(15)18-13(20-14)17-9-11-10(3)7-6-8-16-11/h6-8H,4-5,9H2,1-3H3,(H,17,18,19,20). The molecule has 1 N–H and O–H groups in total. The maximum Gasteiger partial charge on any atom is 0.231 e. The van der Waals surface area contributed by atoms with Crippen LogP contribution in [0, 0.1) is 6.92 Å². The zero-order chi connectivity index (χ0) is 15.2. The number of aromatic nitrogens is 4. The lowest BCUT2D eigenvalue weighted by atomic mass is 10.2. The maximum atomic E-state index is 5.98. The Morgan fingerprint density at radius 3 is 2.62 bits per heavy atom. The van der Waals surface area contributed by atoms with E-state index in [9.17, 15) is 0 Å². The molecular weight excluding hydrogens is 288 g/mol. The molecule has 21 heavy (non-hydrogen) atoms. The molecule has 0 aliphatic heterocycles. The van der Waals surface area contributed by atoms with E-state index in [0.29, 0.717) is 18.4 Å². The van der Waals surface area contributed by atoms with E-state index in [0.717, 1.165) is 24.3 Å². The first-order valence-corrected chi connectivity index (χ1v) is 7.32. The van der Waals surface area contributed by atoms with Crippen LogP contribution in [0.4, 0.5) is 11.9 Å². The van der Waals surface area contributed by atoms with E-state index in [2.05, 4.69) is 25.3 Å². The maximum absolute atomic E-state index is 5.98. The van der Waals surface area contributed by atoms with Crippen LogP contribution in [0.3, 0.4) is 0 Å². The Bertz CT molecular complexity index is 600. The Kier molecular flexibility index (Phi) is 5.27. The van der Waals surface area contributed by atoms with E-state index in [1.807, 2.05) is 37.8 Å². The molecule has 0 fully saturated rings. The quantitative estimate of drug-likeness (QED) is 0.885. The number of pyridine rings is 1. The summed E-state index contributed by atoms with van der Waals surface area (Å²) in [4.78, 5) is 19.0. The fourth-order valence-corrected chi connectivity index (χ4v) is 2.09. The highest BCUT2D eigenvalue weighted by Crippen LogP contribution is 2.14. The molecule has 0 bridgehead atoms. The number of hydrogen-bond donors (Lipinski definition) is 1. The van der Waals surface area contributed by atoms with Crippen molar-refractivity contribution in [1.29, 1.82) is 0 Å². The Hall–Kier alpha value is -1.95. The smallest absolute Gasteiger partial charge is 0.231 e. The summed E-state index contributed by atoms with van der Waals surface area (Å²) in [5.41, 5.74) is 2.08. The highest BCUT2D eigenvalue weighted by molar-refractivity contribution is 6.28. The molecule has 0 radical (unpaired) electrons. The molecule has 2 rings (SSSR count). The predicted octanol–water partition coefficient (Wildman–Crippen LogP) is 2.69. The summed E-state index contributed by atoms with van der Waals surface area (Å²) >= 11 is 5.98. The number of rotatable bonds is 6. The molecule has 0 unspecified atom stereocenters. The highest BCUT2D eigenvalue weighted by Gasteiger charge is 2.10. The van der Waals surface area contributed by atoms with E-state index in [1.54, 1.807) is 6.20 Å². The van der Waals surface area contributed by atoms with Crippen molar-refractivity contribution in [3.05, 3.63) is 34.9 Å². The number of nitrogens with zero attached hydrogens (tertiary/aromatic N) is 5. The Balaban J connectivity index is 2.15. The van der Waals surface area contributed by atoms with Crippen LogP contribution in [0.1, 0.15) is 25.1 Å². The number of hydrogen-bond acceptors (Lipinski definition) is 6. The lowest BCUT2D eigenvalue weighted by Crippen LogP contribution is -2.25. The van der Waals surface area contributed by atoms with E-state index < -0.39 is 0 Å². The zero-order valence-corrected chi connectivity index (χ0v) is 13.2. The van der Waals surface area contributed by atoms with Gasteiger partial charge in [0.25, 0.3) is 0 Å². The SMILES string of the molecule is CCN(CC)c1nc(Cl)nc(NCc2ncccc2C)n1. The molecule has 0 spiro atoms. The number of halogens is 1. The van der Waals surface area contributed by atoms with Gasteiger partial charge in [-0.05, 0) is 44.0 Å². The number of anilines is 2. The van der Waals surface area contributed by atoms with Gasteiger partial charge in [-0.25, -0.2) is 0 Å². The van der Waals surface area contributed by atoms with Crippen LogP contribution in [0.25, 0.3) is 0 Å². The fourth-order valence-electron chi connectivity index (χ4n) is 1.93. The lowest BCUT2D eigenvalue weighted by molar-refractivity contribution is 0.810. The third-order valence-corrected chi connectivity index (χ3v) is 3.34. The van der Waals surface area contributed by atoms with Crippen molar-refractivity contribution < 1.29 is 0 Å². The Morgan fingerprint density at radius 1 is 1.19 bits per heavy atom. The Morgan fingerprint density at radius 2 is 1.95 bits per heavy atom. The molecular formula is C14H19ClN6. The lowest BCUT2D eigenvalue weighted by Gasteiger charge is -2.18. The molecule has 7 heteroatoms. The second kappa shape index (κ2) is 7.17. The second-order valence-corrected chi connectivity index (χ2v) is 4.86. The first-order chi connectivity index (χ1) is 10.1. The van der Waals surface area contributed by atoms with Crippen molar-refractivity contribution in [3.63, 3.8) is 0 Å². The number of nitrogens with one attached hydrogen (secondary N) is 1. The van der Waals surface area contributed by atoms with Gasteiger partial charge in [-0.2, -0.15) is 15.0 Å².